The van der Waals surface area contributed by atoms with Gasteiger partial charge in [0.1, 0.15) is 16.7 Å². The second-order valence-electron chi connectivity index (χ2n) is 5.87. The number of hydrogen-bond donors (Lipinski definition) is 3. The lowest BCUT2D eigenvalue weighted by molar-refractivity contribution is -0.142. The lowest BCUT2D eigenvalue weighted by atomic mass is 10.1. The van der Waals surface area contributed by atoms with Crippen LogP contribution in [0.2, 0.25) is 0 Å². The summed E-state index contributed by atoms with van der Waals surface area (Å²) >= 11 is 3.17. The molecule has 0 saturated heterocycles. The summed E-state index contributed by atoms with van der Waals surface area (Å²) in [7, 11) is -2.98. The number of fused-ring (bicyclic) bond motifs is 1. The molecular weight excluding hydrogens is 436 g/mol. The first-order valence-electron chi connectivity index (χ1n) is 7.95. The summed E-state index contributed by atoms with van der Waals surface area (Å²) in [5.41, 5.74) is 1.64. The number of carbonyl (C=O) groups excluding carboxylic acids is 1. The van der Waals surface area contributed by atoms with Crippen LogP contribution in [-0.4, -0.2) is 37.6 Å². The van der Waals surface area contributed by atoms with Crippen LogP contribution in [0.5, 0.6) is 5.75 Å². The number of carbonyl (C=O) groups is 1. The van der Waals surface area contributed by atoms with E-state index < -0.39 is 27.8 Å². The smallest absolute Gasteiger partial charge is 0.324 e. The van der Waals surface area contributed by atoms with Crippen LogP contribution < -0.4 is 4.72 Å². The molecule has 0 aliphatic carbocycles. The monoisotopic (exact) mass is 452 g/mol. The van der Waals surface area contributed by atoms with Gasteiger partial charge < -0.3 is 14.8 Å². The maximum atomic E-state index is 12.7. The van der Waals surface area contributed by atoms with E-state index in [-0.39, 0.29) is 11.3 Å². The van der Waals surface area contributed by atoms with E-state index in [4.69, 9.17) is 4.74 Å². The Hall–Kier alpha value is -2.36. The number of hydrogen-bond acceptors (Lipinski definition) is 5. The van der Waals surface area contributed by atoms with Gasteiger partial charge in [0.15, 0.2) is 0 Å². The molecule has 0 aliphatic heterocycles. The summed E-state index contributed by atoms with van der Waals surface area (Å²) in [5, 5.41) is 10.8. The average molecular weight is 453 g/mol. The number of H-pyrrole nitrogens is 1. The molecule has 1 atom stereocenters. The van der Waals surface area contributed by atoms with E-state index in [1.807, 2.05) is 24.3 Å². The first-order valence-corrected chi connectivity index (χ1v) is 10.2. The van der Waals surface area contributed by atoms with E-state index in [2.05, 4.69) is 25.6 Å². The van der Waals surface area contributed by atoms with Gasteiger partial charge in [-0.05, 0) is 29.8 Å². The largest absolute Gasteiger partial charge is 0.507 e. The Morgan fingerprint density at radius 3 is 2.78 bits per heavy atom. The van der Waals surface area contributed by atoms with Crippen molar-refractivity contribution in [3.63, 3.8) is 0 Å². The van der Waals surface area contributed by atoms with Gasteiger partial charge in [-0.2, -0.15) is 4.72 Å². The third-order valence-corrected chi connectivity index (χ3v) is 6.09. The number of aromatic nitrogens is 1. The number of aromatic hydroxyl groups is 1. The molecule has 1 unspecified atom stereocenters. The van der Waals surface area contributed by atoms with E-state index >= 15 is 0 Å². The number of nitrogens with one attached hydrogen (secondary N) is 2. The molecular formula is C18H17BrN2O5S. The molecule has 1 heterocycles. The van der Waals surface area contributed by atoms with Crippen LogP contribution in [-0.2, 0) is 26.0 Å². The van der Waals surface area contributed by atoms with Crippen LogP contribution in [0, 0.1) is 0 Å². The van der Waals surface area contributed by atoms with Gasteiger partial charge in [-0.3, -0.25) is 4.79 Å². The van der Waals surface area contributed by atoms with Crippen molar-refractivity contribution in [1.29, 1.82) is 0 Å². The summed E-state index contributed by atoms with van der Waals surface area (Å²) < 4.78 is 33.0. The predicted octanol–water partition coefficient (Wildman–Crippen LogP) is 2.70. The Labute approximate surface area is 164 Å². The number of phenolic OH excluding ortho intramolecular Hbond substituents is 1. The van der Waals surface area contributed by atoms with Gasteiger partial charge in [0.2, 0.25) is 10.0 Å². The Balaban J connectivity index is 1.93. The average Bonchev–Trinajstić information content (AvgIpc) is 3.05. The van der Waals surface area contributed by atoms with E-state index in [9.17, 15) is 18.3 Å². The zero-order valence-electron chi connectivity index (χ0n) is 14.3. The Kier molecular flexibility index (Phi) is 5.54. The van der Waals surface area contributed by atoms with Gasteiger partial charge >= 0.3 is 5.97 Å². The number of aromatic amines is 1. The zero-order chi connectivity index (χ0) is 19.6. The van der Waals surface area contributed by atoms with E-state index in [1.165, 1.54) is 25.3 Å². The van der Waals surface area contributed by atoms with Crippen LogP contribution in [0.3, 0.4) is 0 Å². The van der Waals surface area contributed by atoms with Crippen LogP contribution in [0.1, 0.15) is 5.56 Å². The van der Waals surface area contributed by atoms with Crippen molar-refractivity contribution >= 4 is 42.8 Å². The molecule has 3 rings (SSSR count). The number of halogens is 1. The van der Waals surface area contributed by atoms with Gasteiger partial charge in [0.25, 0.3) is 0 Å². The number of rotatable bonds is 6. The molecule has 0 saturated carbocycles. The molecule has 3 aromatic rings. The highest BCUT2D eigenvalue weighted by Crippen LogP contribution is 2.27. The summed E-state index contributed by atoms with van der Waals surface area (Å²) in [5.74, 6) is -1.14. The number of phenols is 1. The van der Waals surface area contributed by atoms with Crippen molar-refractivity contribution in [2.45, 2.75) is 17.4 Å². The first kappa shape index (κ1) is 19.4. The lowest BCUT2D eigenvalue weighted by Crippen LogP contribution is -2.43. The molecule has 0 amide bonds. The number of esters is 1. The highest BCUT2D eigenvalue weighted by atomic mass is 79.9. The summed E-state index contributed by atoms with van der Waals surface area (Å²) in [6.07, 6.45) is 1.82. The van der Waals surface area contributed by atoms with Crippen molar-refractivity contribution in [1.82, 2.24) is 9.71 Å². The van der Waals surface area contributed by atoms with Gasteiger partial charge in [-0.25, -0.2) is 8.42 Å². The first-order chi connectivity index (χ1) is 12.8. The third kappa shape index (κ3) is 4.15. The molecule has 1 aromatic heterocycles. The quantitative estimate of drug-likeness (QED) is 0.498. The SMILES string of the molecule is COC(=O)C(Cc1c[nH]c2ccccc12)NS(=O)(=O)c1cc(Br)ccc1O. The lowest BCUT2D eigenvalue weighted by Gasteiger charge is -2.17. The standard InChI is InChI=1S/C18H17BrN2O5S/c1-26-18(23)15(8-11-10-20-14-5-3-2-4-13(11)14)21-27(24,25)17-9-12(19)6-7-16(17)22/h2-7,9-10,15,20-22H,8H2,1H3. The van der Waals surface area contributed by atoms with E-state index in [1.54, 1.807) is 6.20 Å². The molecule has 142 valence electrons. The highest BCUT2D eigenvalue weighted by molar-refractivity contribution is 9.10. The minimum absolute atomic E-state index is 0.0880. The van der Waals surface area contributed by atoms with Gasteiger partial charge in [0, 0.05) is 28.0 Å². The van der Waals surface area contributed by atoms with Crippen molar-refractivity contribution in [2.24, 2.45) is 0 Å². The Morgan fingerprint density at radius 2 is 2.04 bits per heavy atom. The van der Waals surface area contributed by atoms with Crippen molar-refractivity contribution < 1.29 is 23.1 Å². The normalized spacial score (nSPS) is 12.8. The fraction of sp³-hybridized carbons (Fsp3) is 0.167. The fourth-order valence-corrected chi connectivity index (χ4v) is 4.61. The predicted molar refractivity (Wildman–Crippen MR) is 104 cm³/mol. The second-order valence-corrected chi connectivity index (χ2v) is 8.47. The Morgan fingerprint density at radius 1 is 1.30 bits per heavy atom. The van der Waals surface area contributed by atoms with Crippen molar-refractivity contribution in [3.05, 3.63) is 58.7 Å². The van der Waals surface area contributed by atoms with E-state index in [0.717, 1.165) is 16.5 Å². The number of methoxy groups -OCH3 is 1. The minimum atomic E-state index is -4.17. The van der Waals surface area contributed by atoms with Gasteiger partial charge in [-0.1, -0.05) is 34.1 Å². The van der Waals surface area contributed by atoms with Gasteiger partial charge in [-0.15, -0.1) is 0 Å². The molecule has 27 heavy (non-hydrogen) atoms. The summed E-state index contributed by atoms with van der Waals surface area (Å²) in [4.78, 5) is 15.0. The van der Waals surface area contributed by atoms with Crippen LogP contribution in [0.15, 0.2) is 58.0 Å². The summed E-state index contributed by atoms with van der Waals surface area (Å²) in [6.45, 7) is 0. The molecule has 3 N–H and O–H groups in total. The fourth-order valence-electron chi connectivity index (χ4n) is 2.79. The van der Waals surface area contributed by atoms with Gasteiger partial charge in [0.05, 0.1) is 7.11 Å². The minimum Gasteiger partial charge on any atom is -0.507 e. The molecule has 0 fully saturated rings. The molecule has 9 heteroatoms. The second kappa shape index (κ2) is 7.71. The van der Waals surface area contributed by atoms with E-state index in [0.29, 0.717) is 4.47 Å². The highest BCUT2D eigenvalue weighted by Gasteiger charge is 2.29. The van der Waals surface area contributed by atoms with Crippen LogP contribution in [0.4, 0.5) is 0 Å². The molecule has 2 aromatic carbocycles. The van der Waals surface area contributed by atoms with Crippen LogP contribution in [0.25, 0.3) is 10.9 Å². The molecule has 0 aliphatic rings. The molecule has 0 spiro atoms. The van der Waals surface area contributed by atoms with Crippen molar-refractivity contribution in [2.75, 3.05) is 7.11 Å². The summed E-state index contributed by atoms with van der Waals surface area (Å²) in [6, 6.07) is 10.4. The molecule has 0 bridgehead atoms. The van der Waals surface area contributed by atoms with Crippen LogP contribution >= 0.6 is 15.9 Å². The molecule has 7 nitrogen and oxygen atoms in total. The third-order valence-electron chi connectivity index (χ3n) is 4.09. The maximum absolute atomic E-state index is 12.7. The number of para-hydroxylation sites is 1. The zero-order valence-corrected chi connectivity index (χ0v) is 16.7. The van der Waals surface area contributed by atoms with Crippen molar-refractivity contribution in [3.8, 4) is 5.75 Å². The Bertz CT molecular complexity index is 1090. The molecule has 0 radical (unpaired) electrons. The number of sulfonamides is 1. The maximum Gasteiger partial charge on any atom is 0.324 e. The number of benzene rings is 2. The number of ether oxygens (including phenoxy) is 1. The topological polar surface area (TPSA) is 108 Å².